The molecule has 12 rings (SSSR count). The minimum atomic E-state index is -0.0677. The van der Waals surface area contributed by atoms with Crippen LogP contribution in [0.5, 0.6) is 0 Å². The largest absolute Gasteiger partial charge is 0.435 e. The van der Waals surface area contributed by atoms with Crippen LogP contribution in [0.15, 0.2) is 174 Å². The third-order valence-electron chi connectivity index (χ3n) is 13.2. The van der Waals surface area contributed by atoms with Crippen molar-refractivity contribution in [2.75, 3.05) is 4.90 Å². The summed E-state index contributed by atoms with van der Waals surface area (Å²) in [4.78, 5) is 7.40. The van der Waals surface area contributed by atoms with Gasteiger partial charge in [-0.05, 0) is 121 Å². The van der Waals surface area contributed by atoms with E-state index in [0.717, 1.165) is 44.5 Å². The first-order chi connectivity index (χ1) is 28.3. The van der Waals surface area contributed by atoms with Crippen LogP contribution in [-0.2, 0) is 10.8 Å². The van der Waals surface area contributed by atoms with E-state index in [1.54, 1.807) is 0 Å². The molecule has 0 bridgehead atoms. The van der Waals surface area contributed by atoms with Crippen LogP contribution in [0.2, 0.25) is 0 Å². The van der Waals surface area contributed by atoms with E-state index in [-0.39, 0.29) is 10.8 Å². The van der Waals surface area contributed by atoms with Crippen LogP contribution >= 0.6 is 0 Å². The molecule has 1 aromatic heterocycles. The van der Waals surface area contributed by atoms with Gasteiger partial charge in [0.1, 0.15) is 5.52 Å². The van der Waals surface area contributed by atoms with Crippen LogP contribution < -0.4 is 4.90 Å². The third-order valence-corrected chi connectivity index (χ3v) is 13.2. The minimum Gasteiger partial charge on any atom is -0.435 e. The second kappa shape index (κ2) is 11.8. The fourth-order valence-corrected chi connectivity index (χ4v) is 10.3. The second-order valence-corrected chi connectivity index (χ2v) is 17.2. The number of hydrogen-bond donors (Lipinski definition) is 0. The molecule has 1 heterocycles. The molecule has 0 radical (unpaired) electrons. The van der Waals surface area contributed by atoms with Crippen molar-refractivity contribution in [1.82, 2.24) is 4.98 Å². The maximum absolute atomic E-state index is 6.63. The van der Waals surface area contributed by atoms with Crippen molar-refractivity contribution in [2.24, 2.45) is 0 Å². The number of hydrogen-bond acceptors (Lipinski definition) is 3. The van der Waals surface area contributed by atoms with Gasteiger partial charge in [0.2, 0.25) is 5.89 Å². The molecule has 0 aliphatic heterocycles. The molecule has 0 unspecified atom stereocenters. The van der Waals surface area contributed by atoms with E-state index in [4.69, 9.17) is 9.40 Å². The number of oxazole rings is 1. The zero-order valence-corrected chi connectivity index (χ0v) is 33.0. The lowest BCUT2D eigenvalue weighted by Gasteiger charge is -2.28. The number of anilines is 3. The molecule has 276 valence electrons. The zero-order valence-electron chi connectivity index (χ0n) is 33.0. The first-order valence-electron chi connectivity index (χ1n) is 20.3. The first kappa shape index (κ1) is 33.2. The maximum Gasteiger partial charge on any atom is 0.227 e. The zero-order chi connectivity index (χ0) is 38.9. The highest BCUT2D eigenvalue weighted by molar-refractivity contribution is 6.26. The molecule has 10 aromatic rings. The summed E-state index contributed by atoms with van der Waals surface area (Å²) in [6.45, 7) is 9.39. The van der Waals surface area contributed by atoms with E-state index in [0.29, 0.717) is 5.89 Å². The molecule has 3 nitrogen and oxygen atoms in total. The van der Waals surface area contributed by atoms with Crippen molar-refractivity contribution in [3.8, 4) is 33.7 Å². The average molecular weight is 745 g/mol. The molecular weight excluding hydrogens is 705 g/mol. The molecule has 0 amide bonds. The highest BCUT2D eigenvalue weighted by Crippen LogP contribution is 2.53. The summed E-state index contributed by atoms with van der Waals surface area (Å²) in [5.74, 6) is 0.638. The molecule has 0 spiro atoms. The Morgan fingerprint density at radius 3 is 1.57 bits per heavy atom. The highest BCUT2D eigenvalue weighted by Gasteiger charge is 2.37. The molecule has 2 aliphatic carbocycles. The van der Waals surface area contributed by atoms with Crippen molar-refractivity contribution >= 4 is 60.5 Å². The van der Waals surface area contributed by atoms with Gasteiger partial charge in [0.15, 0.2) is 5.58 Å². The minimum absolute atomic E-state index is 0.0677. The van der Waals surface area contributed by atoms with E-state index in [9.17, 15) is 0 Å². The lowest BCUT2D eigenvalue weighted by molar-refractivity contribution is 0.623. The molecule has 0 saturated carbocycles. The lowest BCUT2D eigenvalue weighted by Crippen LogP contribution is -2.16. The monoisotopic (exact) mass is 744 g/mol. The predicted octanol–water partition coefficient (Wildman–Crippen LogP) is 15.0. The van der Waals surface area contributed by atoms with E-state index in [1.807, 2.05) is 18.2 Å². The standard InChI is InChI=1S/C55H40N2O/c1-54(2)45-16-10-8-14-41(45)43-31-38(24-27-47(43)54)57(39-25-28-48-44(32-39)42-15-9-11-17-46(42)55(48,3)4)37-23-26-40-36(30-37)21-20-33-18-19-34-22-29-49-52(51(34)50(33)40)58-53(56-49)35-12-6-5-7-13-35/h5-32H,1-4H3. The number of nitrogens with zero attached hydrogens (tertiary/aromatic N) is 2. The van der Waals surface area contributed by atoms with Crippen LogP contribution in [0.3, 0.4) is 0 Å². The van der Waals surface area contributed by atoms with Crippen LogP contribution in [0, 0.1) is 0 Å². The summed E-state index contributed by atoms with van der Waals surface area (Å²) in [5, 5.41) is 6.95. The average Bonchev–Trinajstić information content (AvgIpc) is 3.87. The van der Waals surface area contributed by atoms with Crippen LogP contribution in [0.1, 0.15) is 49.9 Å². The van der Waals surface area contributed by atoms with Crippen molar-refractivity contribution < 1.29 is 4.42 Å². The number of fused-ring (bicyclic) bond motifs is 13. The van der Waals surface area contributed by atoms with Gasteiger partial charge in [0.25, 0.3) is 0 Å². The molecule has 3 heteroatoms. The topological polar surface area (TPSA) is 29.3 Å². The van der Waals surface area contributed by atoms with E-state index >= 15 is 0 Å². The van der Waals surface area contributed by atoms with Crippen molar-refractivity contribution in [1.29, 1.82) is 0 Å². The van der Waals surface area contributed by atoms with Gasteiger partial charge in [-0.3, -0.25) is 0 Å². The Morgan fingerprint density at radius 2 is 0.931 bits per heavy atom. The van der Waals surface area contributed by atoms with Gasteiger partial charge in [-0.1, -0.05) is 143 Å². The molecular formula is C55H40N2O. The fraction of sp³-hybridized carbons (Fsp3) is 0.109. The third kappa shape index (κ3) is 4.59. The Morgan fingerprint density at radius 1 is 0.431 bits per heavy atom. The summed E-state index contributed by atoms with van der Waals surface area (Å²) < 4.78 is 6.63. The second-order valence-electron chi connectivity index (χ2n) is 17.2. The van der Waals surface area contributed by atoms with Crippen molar-refractivity contribution in [3.05, 3.63) is 192 Å². The van der Waals surface area contributed by atoms with Gasteiger partial charge in [-0.15, -0.1) is 0 Å². The molecule has 9 aromatic carbocycles. The predicted molar refractivity (Wildman–Crippen MR) is 242 cm³/mol. The molecule has 58 heavy (non-hydrogen) atoms. The van der Waals surface area contributed by atoms with Gasteiger partial charge in [0.05, 0.1) is 0 Å². The van der Waals surface area contributed by atoms with Crippen LogP contribution in [0.4, 0.5) is 17.1 Å². The Labute approximate surface area is 337 Å². The van der Waals surface area contributed by atoms with E-state index in [1.165, 1.54) is 66.1 Å². The normalized spacial score (nSPS) is 14.5. The van der Waals surface area contributed by atoms with Gasteiger partial charge >= 0.3 is 0 Å². The molecule has 0 atom stereocenters. The van der Waals surface area contributed by atoms with E-state index < -0.39 is 0 Å². The summed E-state index contributed by atoms with van der Waals surface area (Å²) in [5.41, 5.74) is 16.7. The van der Waals surface area contributed by atoms with Gasteiger partial charge in [0, 0.05) is 44.2 Å². The van der Waals surface area contributed by atoms with Crippen molar-refractivity contribution in [3.63, 3.8) is 0 Å². The van der Waals surface area contributed by atoms with Gasteiger partial charge < -0.3 is 9.32 Å². The molecule has 0 fully saturated rings. The summed E-state index contributed by atoms with van der Waals surface area (Å²) in [6, 6.07) is 62.3. The Hall–Kier alpha value is -6.97. The lowest BCUT2D eigenvalue weighted by atomic mass is 9.82. The van der Waals surface area contributed by atoms with Crippen molar-refractivity contribution in [2.45, 2.75) is 38.5 Å². The first-order valence-corrected chi connectivity index (χ1v) is 20.3. The molecule has 2 aliphatic rings. The number of aromatic nitrogens is 1. The van der Waals surface area contributed by atoms with E-state index in [2.05, 4.69) is 184 Å². The molecule has 0 N–H and O–H groups in total. The fourth-order valence-electron chi connectivity index (χ4n) is 10.3. The Balaban J connectivity index is 1.08. The Bertz CT molecular complexity index is 3240. The maximum atomic E-state index is 6.63. The van der Waals surface area contributed by atoms with Crippen LogP contribution in [0.25, 0.3) is 77.1 Å². The summed E-state index contributed by atoms with van der Waals surface area (Å²) in [6.07, 6.45) is 0. The molecule has 0 saturated heterocycles. The summed E-state index contributed by atoms with van der Waals surface area (Å²) in [7, 11) is 0. The highest BCUT2D eigenvalue weighted by atomic mass is 16.3. The quantitative estimate of drug-likeness (QED) is 0.168. The number of rotatable bonds is 4. The summed E-state index contributed by atoms with van der Waals surface area (Å²) >= 11 is 0. The SMILES string of the molecule is CC1(C)c2ccccc2-c2cc(N(c3ccc4c(c3)-c3ccccc3C4(C)C)c3ccc4c(ccc5ccc6ccc7nc(-c8ccccc8)oc7c6c54)c3)ccc21. The smallest absolute Gasteiger partial charge is 0.227 e. The van der Waals surface area contributed by atoms with Crippen LogP contribution in [-0.4, -0.2) is 4.98 Å². The Kier molecular flexibility index (Phi) is 6.74. The van der Waals surface area contributed by atoms with Gasteiger partial charge in [-0.25, -0.2) is 4.98 Å². The van der Waals surface area contributed by atoms with Gasteiger partial charge in [-0.2, -0.15) is 0 Å². The number of benzene rings is 9.